The van der Waals surface area contributed by atoms with Crippen molar-refractivity contribution in [1.29, 1.82) is 0 Å². The van der Waals surface area contributed by atoms with Crippen LogP contribution in [0.15, 0.2) is 24.3 Å². The molecule has 1 aliphatic heterocycles. The van der Waals surface area contributed by atoms with Gasteiger partial charge in [-0.15, -0.1) is 0 Å². The molecule has 0 fully saturated rings. The van der Waals surface area contributed by atoms with Gasteiger partial charge in [0.1, 0.15) is 0 Å². The molecular weight excluding hydrogens is 340 g/mol. The number of carbonyl (C=O) groups excluding carboxylic acids is 2. The number of nitrogens with one attached hydrogen (secondary N) is 2. The molecule has 0 bridgehead atoms. The van der Waals surface area contributed by atoms with Crippen molar-refractivity contribution >= 4 is 11.8 Å². The minimum Gasteiger partial charge on any atom is -0.381 e. The number of benzene rings is 1. The van der Waals surface area contributed by atoms with Gasteiger partial charge in [0.25, 0.3) is 11.8 Å². The lowest BCUT2D eigenvalue weighted by atomic mass is 9.99. The highest BCUT2D eigenvalue weighted by molar-refractivity contribution is 5.96. The molecule has 150 valence electrons. The van der Waals surface area contributed by atoms with Gasteiger partial charge in [-0.1, -0.05) is 63.1 Å². The van der Waals surface area contributed by atoms with Crippen molar-refractivity contribution in [3.63, 3.8) is 0 Å². The average molecular weight is 375 g/mol. The third-order valence-corrected chi connectivity index (χ3v) is 5.29. The van der Waals surface area contributed by atoms with E-state index in [1.807, 2.05) is 31.2 Å². The average Bonchev–Trinajstić information content (AvgIpc) is 2.68. The maximum absolute atomic E-state index is 12.9. The first-order valence-electron chi connectivity index (χ1n) is 10.5. The third kappa shape index (κ3) is 6.98. The molecule has 0 radical (unpaired) electrons. The lowest BCUT2D eigenvalue weighted by molar-refractivity contribution is -0.130. The van der Waals surface area contributed by atoms with Crippen LogP contribution in [0.4, 0.5) is 0 Å². The number of likely N-dealkylation sites (N-methyl/N-ethyl adjacent to an activating group) is 1. The zero-order chi connectivity index (χ0) is 19.5. The molecule has 1 aromatic rings. The van der Waals surface area contributed by atoms with Crippen LogP contribution in [0.1, 0.15) is 80.6 Å². The molecule has 2 rings (SSSR count). The van der Waals surface area contributed by atoms with Crippen molar-refractivity contribution in [3.8, 4) is 0 Å². The molecule has 1 aliphatic rings. The lowest BCUT2D eigenvalue weighted by Crippen LogP contribution is -2.50. The second-order valence-electron chi connectivity index (χ2n) is 7.44. The number of carbonyl (C=O) groups is 2. The summed E-state index contributed by atoms with van der Waals surface area (Å²) >= 11 is 0. The second-order valence-corrected chi connectivity index (χ2v) is 7.44. The molecule has 0 aliphatic carbocycles. The molecule has 0 saturated carbocycles. The van der Waals surface area contributed by atoms with Gasteiger partial charge in [0.05, 0.1) is 6.04 Å². The van der Waals surface area contributed by atoms with Crippen LogP contribution in [-0.2, 0) is 11.2 Å². The number of aryl methyl sites for hydroxylation is 1. The number of rotatable bonds is 3. The van der Waals surface area contributed by atoms with Crippen LogP contribution in [0, 0.1) is 0 Å². The summed E-state index contributed by atoms with van der Waals surface area (Å²) in [5.74, 6) is -0.622. The van der Waals surface area contributed by atoms with E-state index in [1.165, 1.54) is 25.7 Å². The van der Waals surface area contributed by atoms with Crippen LogP contribution in [0.2, 0.25) is 0 Å². The summed E-state index contributed by atoms with van der Waals surface area (Å²) in [6.07, 6.45) is 9.37. The van der Waals surface area contributed by atoms with Crippen molar-refractivity contribution in [2.24, 2.45) is 0 Å². The summed E-state index contributed by atoms with van der Waals surface area (Å²) in [4.78, 5) is 25.0. The molecule has 1 aromatic carbocycles. The minimum atomic E-state index is -1.23. The quantitative estimate of drug-likeness (QED) is 0.759. The van der Waals surface area contributed by atoms with Crippen LogP contribution < -0.4 is 10.6 Å². The molecular formula is C22H34N2O3. The Kier molecular flexibility index (Phi) is 9.32. The van der Waals surface area contributed by atoms with Gasteiger partial charge in [0.2, 0.25) is 0 Å². The molecule has 5 nitrogen and oxygen atoms in total. The van der Waals surface area contributed by atoms with E-state index in [2.05, 4.69) is 10.6 Å². The number of aliphatic hydroxyl groups excluding tert-OH is 1. The smallest absolute Gasteiger partial charge is 0.251 e. The Morgan fingerprint density at radius 2 is 1.74 bits per heavy atom. The number of hydrogen-bond acceptors (Lipinski definition) is 3. The molecule has 5 heteroatoms. The zero-order valence-electron chi connectivity index (χ0n) is 16.5. The van der Waals surface area contributed by atoms with Crippen LogP contribution in [-0.4, -0.2) is 35.6 Å². The summed E-state index contributed by atoms with van der Waals surface area (Å²) in [6, 6.07) is 7.09. The van der Waals surface area contributed by atoms with Gasteiger partial charge < -0.3 is 15.7 Å². The highest BCUT2D eigenvalue weighted by Crippen LogP contribution is 2.17. The maximum atomic E-state index is 12.9. The first kappa shape index (κ1) is 21.4. The second kappa shape index (κ2) is 11.8. The van der Waals surface area contributed by atoms with E-state index < -0.39 is 18.1 Å². The highest BCUT2D eigenvalue weighted by Gasteiger charge is 2.27. The van der Waals surface area contributed by atoms with Crippen molar-refractivity contribution < 1.29 is 14.7 Å². The zero-order valence-corrected chi connectivity index (χ0v) is 16.5. The summed E-state index contributed by atoms with van der Waals surface area (Å²) in [6.45, 7) is 2.27. The number of hydrogen-bond donors (Lipinski definition) is 3. The van der Waals surface area contributed by atoms with Gasteiger partial charge in [-0.05, 0) is 37.8 Å². The molecule has 0 spiro atoms. The Labute approximate surface area is 162 Å². The van der Waals surface area contributed by atoms with Crippen molar-refractivity contribution in [2.75, 3.05) is 6.54 Å². The number of aliphatic hydroxyl groups is 1. The van der Waals surface area contributed by atoms with E-state index in [4.69, 9.17) is 0 Å². The maximum Gasteiger partial charge on any atom is 0.251 e. The molecule has 2 atom stereocenters. The van der Waals surface area contributed by atoms with Crippen LogP contribution in [0.5, 0.6) is 0 Å². The van der Waals surface area contributed by atoms with Crippen LogP contribution in [0.3, 0.4) is 0 Å². The molecule has 2 amide bonds. The van der Waals surface area contributed by atoms with Gasteiger partial charge in [0, 0.05) is 12.1 Å². The topological polar surface area (TPSA) is 78.4 Å². The van der Waals surface area contributed by atoms with E-state index in [9.17, 15) is 14.7 Å². The van der Waals surface area contributed by atoms with Gasteiger partial charge in [-0.3, -0.25) is 9.59 Å². The van der Waals surface area contributed by atoms with Crippen molar-refractivity contribution in [3.05, 3.63) is 35.4 Å². The molecule has 1 unspecified atom stereocenters. The summed E-state index contributed by atoms with van der Waals surface area (Å²) in [7, 11) is 0. The Balaban J connectivity index is 2.16. The first-order chi connectivity index (χ1) is 13.1. The van der Waals surface area contributed by atoms with Gasteiger partial charge in [-0.25, -0.2) is 0 Å². The predicted molar refractivity (Wildman–Crippen MR) is 108 cm³/mol. The summed E-state index contributed by atoms with van der Waals surface area (Å²) < 4.78 is 0. The fraction of sp³-hybridized carbons (Fsp3) is 0.636. The number of fused-ring (bicyclic) bond motifs is 1. The fourth-order valence-electron chi connectivity index (χ4n) is 3.72. The van der Waals surface area contributed by atoms with Crippen molar-refractivity contribution in [2.45, 2.75) is 83.3 Å². The summed E-state index contributed by atoms with van der Waals surface area (Å²) in [5, 5.41) is 16.0. The van der Waals surface area contributed by atoms with E-state index in [0.717, 1.165) is 37.7 Å². The van der Waals surface area contributed by atoms with Crippen LogP contribution >= 0.6 is 0 Å². The minimum absolute atomic E-state index is 0.200. The van der Waals surface area contributed by atoms with Crippen molar-refractivity contribution in [1.82, 2.24) is 10.6 Å². The Morgan fingerprint density at radius 1 is 1.11 bits per heavy atom. The third-order valence-electron chi connectivity index (χ3n) is 5.29. The molecule has 1 heterocycles. The monoisotopic (exact) mass is 374 g/mol. The van der Waals surface area contributed by atoms with E-state index in [1.54, 1.807) is 0 Å². The van der Waals surface area contributed by atoms with Gasteiger partial charge >= 0.3 is 0 Å². The van der Waals surface area contributed by atoms with E-state index in [-0.39, 0.29) is 5.91 Å². The van der Waals surface area contributed by atoms with Gasteiger partial charge in [0.15, 0.2) is 6.10 Å². The summed E-state index contributed by atoms with van der Waals surface area (Å²) in [5.41, 5.74) is 1.69. The standard InChI is InChI=1S/C22H34N2O3/c1-2-23-22(27)20(25)19-16-10-8-6-4-3-5-7-9-13-17-14-11-12-15-18(17)21(26)24-19/h11-12,14-15,19-20,25H,2-10,13,16H2,1H3,(H,23,27)(H,24,26)/t19-,20?/m0/s1. The SMILES string of the molecule is CCNC(=O)C(O)[C@@H]1CCCCCCCCCCc2ccccc2C(=O)N1. The molecule has 0 aromatic heterocycles. The Morgan fingerprint density at radius 3 is 2.44 bits per heavy atom. The normalized spacial score (nSPS) is 21.1. The Bertz CT molecular complexity index is 603. The largest absolute Gasteiger partial charge is 0.381 e. The molecule has 0 saturated heterocycles. The van der Waals surface area contributed by atoms with Gasteiger partial charge in [-0.2, -0.15) is 0 Å². The van der Waals surface area contributed by atoms with Crippen LogP contribution in [0.25, 0.3) is 0 Å². The van der Waals surface area contributed by atoms with E-state index >= 15 is 0 Å². The van der Waals surface area contributed by atoms with E-state index in [0.29, 0.717) is 18.5 Å². The highest BCUT2D eigenvalue weighted by atomic mass is 16.3. The Hall–Kier alpha value is -1.88. The fourth-order valence-corrected chi connectivity index (χ4v) is 3.72. The first-order valence-corrected chi connectivity index (χ1v) is 10.5. The predicted octanol–water partition coefficient (Wildman–Crippen LogP) is 3.35. The molecule has 27 heavy (non-hydrogen) atoms. The number of amides is 2. The molecule has 3 N–H and O–H groups in total. The lowest BCUT2D eigenvalue weighted by Gasteiger charge is -2.24.